The summed E-state index contributed by atoms with van der Waals surface area (Å²) in [5.74, 6) is 0. The van der Waals surface area contributed by atoms with Gasteiger partial charge in [-0.3, -0.25) is 0 Å². The highest BCUT2D eigenvalue weighted by Crippen LogP contribution is 2.16. The maximum absolute atomic E-state index is 6.09. The zero-order valence-electron chi connectivity index (χ0n) is 7.76. The molecule has 0 aromatic carbocycles. The van der Waals surface area contributed by atoms with Gasteiger partial charge in [0.25, 0.3) is 0 Å². The maximum atomic E-state index is 6.09. The van der Waals surface area contributed by atoms with Crippen molar-refractivity contribution in [3.63, 3.8) is 0 Å². The van der Waals surface area contributed by atoms with Crippen molar-refractivity contribution in [2.24, 2.45) is 22.9 Å². The standard InChI is InChI=1S/C8H22N4/c9-5-1-2-8(12,3-6-10)4-7-11/h1-7,9-12H2. The predicted molar refractivity (Wildman–Crippen MR) is 52.5 cm³/mol. The Morgan fingerprint density at radius 1 is 0.750 bits per heavy atom. The SMILES string of the molecule is NCCCC(N)(CCN)CCN. The van der Waals surface area contributed by atoms with Crippen LogP contribution < -0.4 is 22.9 Å². The average molecular weight is 174 g/mol. The second kappa shape index (κ2) is 6.37. The van der Waals surface area contributed by atoms with Gasteiger partial charge in [-0.2, -0.15) is 0 Å². The summed E-state index contributed by atoms with van der Waals surface area (Å²) in [6.07, 6.45) is 3.56. The minimum atomic E-state index is -0.178. The molecule has 0 rings (SSSR count). The average Bonchev–Trinajstić information content (AvgIpc) is 2.02. The first kappa shape index (κ1) is 11.8. The van der Waals surface area contributed by atoms with Crippen molar-refractivity contribution in [2.45, 2.75) is 31.2 Å². The van der Waals surface area contributed by atoms with E-state index in [2.05, 4.69) is 0 Å². The summed E-state index contributed by atoms with van der Waals surface area (Å²) in [6.45, 7) is 1.94. The van der Waals surface area contributed by atoms with E-state index in [0.717, 1.165) is 25.7 Å². The highest BCUT2D eigenvalue weighted by molar-refractivity contribution is 4.84. The fourth-order valence-electron chi connectivity index (χ4n) is 1.40. The van der Waals surface area contributed by atoms with Gasteiger partial charge in [-0.25, -0.2) is 0 Å². The summed E-state index contributed by atoms with van der Waals surface area (Å²) in [6, 6.07) is 0. The van der Waals surface area contributed by atoms with E-state index in [1.807, 2.05) is 0 Å². The van der Waals surface area contributed by atoms with E-state index >= 15 is 0 Å². The molecule has 0 aliphatic rings. The molecule has 0 aliphatic carbocycles. The van der Waals surface area contributed by atoms with Crippen molar-refractivity contribution in [3.05, 3.63) is 0 Å². The lowest BCUT2D eigenvalue weighted by molar-refractivity contribution is 0.342. The van der Waals surface area contributed by atoms with E-state index in [0.29, 0.717) is 19.6 Å². The number of nitrogens with two attached hydrogens (primary N) is 4. The molecule has 4 heteroatoms. The van der Waals surface area contributed by atoms with E-state index in [9.17, 15) is 0 Å². The van der Waals surface area contributed by atoms with Crippen molar-refractivity contribution in [3.8, 4) is 0 Å². The fraction of sp³-hybridized carbons (Fsp3) is 1.00. The molecule has 0 aromatic rings. The van der Waals surface area contributed by atoms with Crippen LogP contribution in [0.2, 0.25) is 0 Å². The lowest BCUT2D eigenvalue weighted by Crippen LogP contribution is -2.43. The molecular weight excluding hydrogens is 152 g/mol. The lowest BCUT2D eigenvalue weighted by Gasteiger charge is -2.28. The second-order valence-electron chi connectivity index (χ2n) is 3.33. The van der Waals surface area contributed by atoms with Gasteiger partial charge >= 0.3 is 0 Å². The Hall–Kier alpha value is -0.160. The zero-order chi connectivity index (χ0) is 9.45. The van der Waals surface area contributed by atoms with Crippen LogP contribution in [0, 0.1) is 0 Å². The van der Waals surface area contributed by atoms with E-state index in [1.165, 1.54) is 0 Å². The van der Waals surface area contributed by atoms with Crippen LogP contribution in [0.1, 0.15) is 25.7 Å². The van der Waals surface area contributed by atoms with Crippen LogP contribution in [0.25, 0.3) is 0 Å². The highest BCUT2D eigenvalue weighted by Gasteiger charge is 2.21. The summed E-state index contributed by atoms with van der Waals surface area (Å²) >= 11 is 0. The third-order valence-electron chi connectivity index (χ3n) is 2.16. The van der Waals surface area contributed by atoms with Gasteiger partial charge in [0.2, 0.25) is 0 Å². The van der Waals surface area contributed by atoms with E-state index in [1.54, 1.807) is 0 Å². The molecule has 0 bridgehead atoms. The summed E-state index contributed by atoms with van der Waals surface area (Å²) < 4.78 is 0. The third kappa shape index (κ3) is 4.66. The molecule has 0 spiro atoms. The molecule has 0 amide bonds. The maximum Gasteiger partial charge on any atom is 0.0178 e. The molecule has 0 aromatic heterocycles. The Morgan fingerprint density at radius 3 is 1.58 bits per heavy atom. The quantitative estimate of drug-likeness (QED) is 0.402. The van der Waals surface area contributed by atoms with Crippen LogP contribution in [0.4, 0.5) is 0 Å². The van der Waals surface area contributed by atoms with Gasteiger partial charge in [-0.15, -0.1) is 0 Å². The van der Waals surface area contributed by atoms with Gasteiger partial charge in [0.1, 0.15) is 0 Å². The Labute approximate surface area is 74.7 Å². The molecule has 0 saturated heterocycles. The molecule has 74 valence electrons. The Morgan fingerprint density at radius 2 is 1.25 bits per heavy atom. The molecule has 4 nitrogen and oxygen atoms in total. The van der Waals surface area contributed by atoms with Crippen molar-refractivity contribution in [1.29, 1.82) is 0 Å². The van der Waals surface area contributed by atoms with Crippen LogP contribution in [0.15, 0.2) is 0 Å². The van der Waals surface area contributed by atoms with Crippen molar-refractivity contribution < 1.29 is 0 Å². The molecule has 0 atom stereocenters. The van der Waals surface area contributed by atoms with E-state index in [4.69, 9.17) is 22.9 Å². The normalized spacial score (nSPS) is 12.0. The lowest BCUT2D eigenvalue weighted by atomic mass is 9.87. The Kier molecular flexibility index (Phi) is 6.28. The monoisotopic (exact) mass is 174 g/mol. The van der Waals surface area contributed by atoms with Crippen LogP contribution in [0.3, 0.4) is 0 Å². The number of hydrogen-bond acceptors (Lipinski definition) is 4. The third-order valence-corrected chi connectivity index (χ3v) is 2.16. The molecule has 12 heavy (non-hydrogen) atoms. The van der Waals surface area contributed by atoms with E-state index in [-0.39, 0.29) is 5.54 Å². The first-order chi connectivity index (χ1) is 5.68. The Balaban J connectivity index is 3.80. The number of rotatable bonds is 7. The van der Waals surface area contributed by atoms with Gasteiger partial charge in [0, 0.05) is 5.54 Å². The predicted octanol–water partition coefficient (Wildman–Crippen LogP) is -0.880. The minimum absolute atomic E-state index is 0.178. The van der Waals surface area contributed by atoms with Crippen molar-refractivity contribution >= 4 is 0 Å². The molecule has 0 fully saturated rings. The van der Waals surface area contributed by atoms with Crippen LogP contribution in [-0.2, 0) is 0 Å². The topological polar surface area (TPSA) is 104 Å². The van der Waals surface area contributed by atoms with Gasteiger partial charge in [0.15, 0.2) is 0 Å². The number of hydrogen-bond donors (Lipinski definition) is 4. The molecule has 0 aliphatic heterocycles. The van der Waals surface area contributed by atoms with Crippen LogP contribution in [-0.4, -0.2) is 25.2 Å². The minimum Gasteiger partial charge on any atom is -0.330 e. The highest BCUT2D eigenvalue weighted by atomic mass is 14.8. The summed E-state index contributed by atoms with van der Waals surface area (Å²) in [4.78, 5) is 0. The molecule has 0 saturated carbocycles. The summed E-state index contributed by atoms with van der Waals surface area (Å²) in [7, 11) is 0. The zero-order valence-corrected chi connectivity index (χ0v) is 7.76. The second-order valence-corrected chi connectivity index (χ2v) is 3.33. The van der Waals surface area contributed by atoms with Crippen LogP contribution in [0.5, 0.6) is 0 Å². The molecule has 0 radical (unpaired) electrons. The molecule has 0 heterocycles. The summed E-state index contributed by atoms with van der Waals surface area (Å²) in [5.41, 5.74) is 22.3. The van der Waals surface area contributed by atoms with Crippen LogP contribution >= 0.6 is 0 Å². The Bertz CT molecular complexity index is 99.2. The summed E-state index contributed by atoms with van der Waals surface area (Å²) in [5, 5.41) is 0. The first-order valence-electron chi connectivity index (χ1n) is 4.57. The van der Waals surface area contributed by atoms with Gasteiger partial charge < -0.3 is 22.9 Å². The van der Waals surface area contributed by atoms with Crippen molar-refractivity contribution in [2.75, 3.05) is 19.6 Å². The first-order valence-corrected chi connectivity index (χ1v) is 4.57. The van der Waals surface area contributed by atoms with E-state index < -0.39 is 0 Å². The molecule has 0 unspecified atom stereocenters. The largest absolute Gasteiger partial charge is 0.330 e. The van der Waals surface area contributed by atoms with Gasteiger partial charge in [0.05, 0.1) is 0 Å². The van der Waals surface area contributed by atoms with Crippen molar-refractivity contribution in [1.82, 2.24) is 0 Å². The fourth-order valence-corrected chi connectivity index (χ4v) is 1.40. The molecule has 8 N–H and O–H groups in total. The van der Waals surface area contributed by atoms with Gasteiger partial charge in [-0.05, 0) is 45.3 Å². The van der Waals surface area contributed by atoms with Gasteiger partial charge in [-0.1, -0.05) is 0 Å². The molecular formula is C8H22N4. The smallest absolute Gasteiger partial charge is 0.0178 e.